The molecule has 0 saturated carbocycles. The number of hydrogen-bond donors (Lipinski definition) is 1. The average molecular weight is 517 g/mol. The lowest BCUT2D eigenvalue weighted by molar-refractivity contribution is 0.181. The average Bonchev–Trinajstić information content (AvgIpc) is 3.16. The molecule has 1 saturated heterocycles. The molecule has 1 unspecified atom stereocenters. The van der Waals surface area contributed by atoms with E-state index in [1.165, 1.54) is 5.56 Å². The van der Waals surface area contributed by atoms with E-state index in [1.807, 2.05) is 0 Å². The van der Waals surface area contributed by atoms with Crippen LogP contribution in [-0.4, -0.2) is 57.4 Å². The number of hydrogen-bond acceptors (Lipinski definition) is 3. The van der Waals surface area contributed by atoms with Crippen LogP contribution < -0.4 is 10.1 Å². The van der Waals surface area contributed by atoms with Crippen molar-refractivity contribution in [3.05, 3.63) is 29.8 Å². The Bertz CT molecular complexity index is 611. The fourth-order valence-corrected chi connectivity index (χ4v) is 3.30. The van der Waals surface area contributed by atoms with Crippen LogP contribution in [0.15, 0.2) is 29.3 Å². The van der Waals surface area contributed by atoms with Gasteiger partial charge in [-0.2, -0.15) is 0 Å². The monoisotopic (exact) mass is 517 g/mol. The van der Waals surface area contributed by atoms with Crippen molar-refractivity contribution in [3.63, 3.8) is 0 Å². The highest BCUT2D eigenvalue weighted by Gasteiger charge is 2.22. The summed E-state index contributed by atoms with van der Waals surface area (Å²) >= 11 is 0. The number of nitrogens with zero attached hydrogens (tertiary/aromatic N) is 2. The second kappa shape index (κ2) is 12.6. The van der Waals surface area contributed by atoms with E-state index in [0.717, 1.165) is 57.6 Å². The van der Waals surface area contributed by atoms with E-state index >= 15 is 0 Å². The molecule has 0 bridgehead atoms. The molecule has 1 atom stereocenters. The first-order chi connectivity index (χ1) is 13.3. The zero-order chi connectivity index (χ0) is 20.6. The fraction of sp³-hybridized carbons (Fsp3) is 0.696. The maximum Gasteiger partial charge on any atom is 0.193 e. The highest BCUT2D eigenvalue weighted by Crippen LogP contribution is 2.26. The van der Waals surface area contributed by atoms with E-state index in [-0.39, 0.29) is 29.4 Å². The first-order valence-electron chi connectivity index (χ1n) is 10.6. The van der Waals surface area contributed by atoms with Gasteiger partial charge in [0.05, 0.1) is 19.8 Å². The van der Waals surface area contributed by atoms with Gasteiger partial charge in [-0.25, -0.2) is 0 Å². The summed E-state index contributed by atoms with van der Waals surface area (Å²) in [4.78, 5) is 7.18. The van der Waals surface area contributed by atoms with Gasteiger partial charge in [0, 0.05) is 38.1 Å². The molecule has 1 aromatic rings. The minimum atomic E-state index is -0.0471. The second-order valence-electron chi connectivity index (χ2n) is 8.89. The van der Waals surface area contributed by atoms with Crippen LogP contribution in [0.4, 0.5) is 0 Å². The molecule has 1 heterocycles. The number of ether oxygens (including phenoxy) is 2. The summed E-state index contributed by atoms with van der Waals surface area (Å²) in [6.07, 6.45) is 1.14. The minimum absolute atomic E-state index is 0. The summed E-state index contributed by atoms with van der Waals surface area (Å²) in [5.74, 6) is 3.03. The van der Waals surface area contributed by atoms with Crippen molar-refractivity contribution in [1.29, 1.82) is 0 Å². The van der Waals surface area contributed by atoms with Crippen LogP contribution in [0.3, 0.4) is 0 Å². The smallest absolute Gasteiger partial charge is 0.193 e. The molecule has 1 aliphatic rings. The zero-order valence-corrected chi connectivity index (χ0v) is 21.4. The molecule has 0 spiro atoms. The fourth-order valence-electron chi connectivity index (χ4n) is 3.30. The van der Waals surface area contributed by atoms with Gasteiger partial charge in [-0.05, 0) is 37.0 Å². The van der Waals surface area contributed by atoms with Crippen LogP contribution in [0.2, 0.25) is 0 Å². The number of aliphatic imine (C=N–C) groups is 1. The largest absolute Gasteiger partial charge is 0.493 e. The number of guanidine groups is 1. The summed E-state index contributed by atoms with van der Waals surface area (Å²) in [5.41, 5.74) is 1.23. The standard InChI is InChI=1S/C23H39N3O2.HI/c1-7-24-22(26(6)14-19-12-13-27-16-19)25-17-23(4,5)20-8-10-21(11-9-20)28-15-18(2)3;/h8-11,18-19H,7,12-17H2,1-6H3,(H,24,25);1H. The molecule has 0 radical (unpaired) electrons. The van der Waals surface area contributed by atoms with Gasteiger partial charge in [-0.1, -0.05) is 39.8 Å². The molecular formula is C23H40IN3O2. The Balaban J connectivity index is 0.00000420. The molecule has 5 nitrogen and oxygen atoms in total. The van der Waals surface area contributed by atoms with E-state index in [1.54, 1.807) is 0 Å². The number of nitrogens with one attached hydrogen (secondary N) is 1. The van der Waals surface area contributed by atoms with Crippen LogP contribution in [0.25, 0.3) is 0 Å². The van der Waals surface area contributed by atoms with Crippen molar-refractivity contribution in [2.75, 3.05) is 46.5 Å². The highest BCUT2D eigenvalue weighted by atomic mass is 127. The Hall–Kier alpha value is -1.02. The third kappa shape index (κ3) is 8.70. The normalized spacial score (nSPS) is 17.2. The third-order valence-corrected chi connectivity index (χ3v) is 5.10. The molecule has 0 aliphatic carbocycles. The first-order valence-corrected chi connectivity index (χ1v) is 10.6. The number of benzene rings is 1. The van der Waals surface area contributed by atoms with Crippen LogP contribution in [0, 0.1) is 11.8 Å². The molecule has 1 N–H and O–H groups in total. The van der Waals surface area contributed by atoms with Crippen LogP contribution in [-0.2, 0) is 10.2 Å². The SMILES string of the molecule is CCNC(=NCC(C)(C)c1ccc(OCC(C)C)cc1)N(C)CC1CCOC1.I. The topological polar surface area (TPSA) is 46.1 Å². The lowest BCUT2D eigenvalue weighted by atomic mass is 9.85. The van der Waals surface area contributed by atoms with Gasteiger partial charge >= 0.3 is 0 Å². The molecular weight excluding hydrogens is 477 g/mol. The summed E-state index contributed by atoms with van der Waals surface area (Å²) in [5, 5.41) is 3.43. The molecule has 29 heavy (non-hydrogen) atoms. The van der Waals surface area contributed by atoms with Gasteiger partial charge in [-0.15, -0.1) is 24.0 Å². The van der Waals surface area contributed by atoms with Crippen molar-refractivity contribution in [1.82, 2.24) is 10.2 Å². The first kappa shape index (κ1) is 26.0. The van der Waals surface area contributed by atoms with Gasteiger partial charge in [0.25, 0.3) is 0 Å². The predicted octanol–water partition coefficient (Wildman–Crippen LogP) is 4.55. The molecule has 166 valence electrons. The highest BCUT2D eigenvalue weighted by molar-refractivity contribution is 14.0. The molecule has 0 amide bonds. The van der Waals surface area contributed by atoms with Crippen molar-refractivity contribution in [3.8, 4) is 5.75 Å². The van der Waals surface area contributed by atoms with Crippen molar-refractivity contribution in [2.45, 2.75) is 46.5 Å². The second-order valence-corrected chi connectivity index (χ2v) is 8.89. The Morgan fingerprint density at radius 1 is 1.31 bits per heavy atom. The van der Waals surface area contributed by atoms with Gasteiger partial charge in [0.2, 0.25) is 0 Å². The number of rotatable bonds is 9. The predicted molar refractivity (Wildman–Crippen MR) is 133 cm³/mol. The van der Waals surface area contributed by atoms with E-state index in [4.69, 9.17) is 14.5 Å². The Kier molecular flexibility index (Phi) is 11.3. The van der Waals surface area contributed by atoms with Gasteiger partial charge in [0.15, 0.2) is 5.96 Å². The lowest BCUT2D eigenvalue weighted by Crippen LogP contribution is -2.42. The van der Waals surface area contributed by atoms with E-state index in [0.29, 0.717) is 11.8 Å². The molecule has 1 aliphatic heterocycles. The Labute approximate surface area is 194 Å². The van der Waals surface area contributed by atoms with E-state index in [2.05, 4.69) is 76.1 Å². The van der Waals surface area contributed by atoms with Crippen molar-refractivity contribution in [2.24, 2.45) is 16.8 Å². The third-order valence-electron chi connectivity index (χ3n) is 5.10. The van der Waals surface area contributed by atoms with E-state index < -0.39 is 0 Å². The quantitative estimate of drug-likeness (QED) is 0.297. The van der Waals surface area contributed by atoms with Crippen molar-refractivity contribution < 1.29 is 9.47 Å². The van der Waals surface area contributed by atoms with Gasteiger partial charge < -0.3 is 19.7 Å². The van der Waals surface area contributed by atoms with Crippen molar-refractivity contribution >= 4 is 29.9 Å². The molecule has 1 aromatic carbocycles. The van der Waals surface area contributed by atoms with Gasteiger partial charge in [0.1, 0.15) is 5.75 Å². The summed E-state index contributed by atoms with van der Waals surface area (Å²) in [7, 11) is 2.12. The zero-order valence-electron chi connectivity index (χ0n) is 19.0. The van der Waals surface area contributed by atoms with Gasteiger partial charge in [-0.3, -0.25) is 4.99 Å². The summed E-state index contributed by atoms with van der Waals surface area (Å²) < 4.78 is 11.3. The van der Waals surface area contributed by atoms with Crippen LogP contribution in [0.5, 0.6) is 5.75 Å². The molecule has 2 rings (SSSR count). The summed E-state index contributed by atoms with van der Waals surface area (Å²) in [6.45, 7) is 16.0. The number of halogens is 1. The molecule has 1 fully saturated rings. The Morgan fingerprint density at radius 3 is 2.55 bits per heavy atom. The lowest BCUT2D eigenvalue weighted by Gasteiger charge is -2.28. The summed E-state index contributed by atoms with van der Waals surface area (Å²) in [6, 6.07) is 8.47. The van der Waals surface area contributed by atoms with Crippen LogP contribution in [0.1, 0.15) is 46.6 Å². The maximum atomic E-state index is 5.81. The maximum absolute atomic E-state index is 5.81. The molecule has 0 aromatic heterocycles. The molecule has 6 heteroatoms. The Morgan fingerprint density at radius 2 is 2.00 bits per heavy atom. The van der Waals surface area contributed by atoms with Crippen LogP contribution >= 0.6 is 24.0 Å². The minimum Gasteiger partial charge on any atom is -0.493 e. The van der Waals surface area contributed by atoms with E-state index in [9.17, 15) is 0 Å².